The SMILES string of the molecule is O=c1ccc2ccc(OC3CCC4(CCCCN4)CC3)cc2o1. The summed E-state index contributed by atoms with van der Waals surface area (Å²) >= 11 is 0. The summed E-state index contributed by atoms with van der Waals surface area (Å²) in [4.78, 5) is 11.3. The van der Waals surface area contributed by atoms with Crippen LogP contribution in [0.15, 0.2) is 39.5 Å². The lowest BCUT2D eigenvalue weighted by atomic mass is 9.75. The standard InChI is InChI=1S/C19H23NO3/c21-18-6-4-14-3-5-16(13-17(14)23-18)22-15-7-10-19(11-8-15)9-1-2-12-20-19/h3-6,13,15,20H,1-2,7-12H2. The van der Waals surface area contributed by atoms with Crippen LogP contribution in [-0.4, -0.2) is 18.2 Å². The molecular weight excluding hydrogens is 290 g/mol. The Morgan fingerprint density at radius 3 is 2.70 bits per heavy atom. The Morgan fingerprint density at radius 2 is 1.91 bits per heavy atom. The Bertz CT molecular complexity index is 736. The van der Waals surface area contributed by atoms with E-state index in [1.807, 2.05) is 18.2 Å². The van der Waals surface area contributed by atoms with Crippen molar-refractivity contribution in [1.29, 1.82) is 0 Å². The van der Waals surface area contributed by atoms with Gasteiger partial charge in [-0.1, -0.05) is 6.42 Å². The number of piperidine rings is 1. The number of hydrogen-bond acceptors (Lipinski definition) is 4. The molecule has 122 valence electrons. The van der Waals surface area contributed by atoms with Crippen LogP contribution in [0.4, 0.5) is 0 Å². The zero-order chi connectivity index (χ0) is 15.7. The highest BCUT2D eigenvalue weighted by molar-refractivity contribution is 5.77. The molecule has 1 aromatic heterocycles. The molecular formula is C19H23NO3. The zero-order valence-corrected chi connectivity index (χ0v) is 13.3. The molecule has 23 heavy (non-hydrogen) atoms. The smallest absolute Gasteiger partial charge is 0.336 e. The first kappa shape index (κ1) is 14.8. The van der Waals surface area contributed by atoms with Crippen molar-refractivity contribution in [2.75, 3.05) is 6.54 Å². The molecule has 1 saturated heterocycles. The second-order valence-electron chi connectivity index (χ2n) is 6.94. The predicted octanol–water partition coefficient (Wildman–Crippen LogP) is 3.63. The van der Waals surface area contributed by atoms with Crippen LogP contribution in [0.5, 0.6) is 5.75 Å². The third-order valence-electron chi connectivity index (χ3n) is 5.37. The van der Waals surface area contributed by atoms with Crippen molar-refractivity contribution in [3.63, 3.8) is 0 Å². The normalized spacial score (nSPS) is 28.1. The van der Waals surface area contributed by atoms with Crippen LogP contribution in [0.2, 0.25) is 0 Å². The lowest BCUT2D eigenvalue weighted by molar-refractivity contribution is 0.0874. The minimum atomic E-state index is -0.322. The van der Waals surface area contributed by atoms with E-state index < -0.39 is 0 Å². The van der Waals surface area contributed by atoms with Gasteiger partial charge in [-0.05, 0) is 63.3 Å². The Kier molecular flexibility index (Phi) is 3.85. The molecule has 0 amide bonds. The van der Waals surface area contributed by atoms with Crippen LogP contribution in [0.3, 0.4) is 0 Å². The molecule has 1 aliphatic carbocycles. The summed E-state index contributed by atoms with van der Waals surface area (Å²) in [5.41, 5.74) is 0.641. The van der Waals surface area contributed by atoms with E-state index in [4.69, 9.17) is 9.15 Å². The van der Waals surface area contributed by atoms with Crippen LogP contribution < -0.4 is 15.7 Å². The molecule has 1 aromatic carbocycles. The average Bonchev–Trinajstić information content (AvgIpc) is 2.58. The number of ether oxygens (including phenoxy) is 1. The van der Waals surface area contributed by atoms with E-state index in [0.29, 0.717) is 11.1 Å². The topological polar surface area (TPSA) is 51.5 Å². The second-order valence-corrected chi connectivity index (χ2v) is 6.94. The van der Waals surface area contributed by atoms with E-state index in [9.17, 15) is 4.79 Å². The minimum absolute atomic E-state index is 0.261. The van der Waals surface area contributed by atoms with Crippen LogP contribution in [-0.2, 0) is 0 Å². The van der Waals surface area contributed by atoms with Crippen molar-refractivity contribution in [2.24, 2.45) is 0 Å². The lowest BCUT2D eigenvalue weighted by Crippen LogP contribution is -2.51. The van der Waals surface area contributed by atoms with Gasteiger partial charge in [0.2, 0.25) is 0 Å². The van der Waals surface area contributed by atoms with Gasteiger partial charge in [0.15, 0.2) is 0 Å². The van der Waals surface area contributed by atoms with Gasteiger partial charge in [-0.2, -0.15) is 0 Å². The molecule has 2 aromatic rings. The van der Waals surface area contributed by atoms with Crippen molar-refractivity contribution < 1.29 is 9.15 Å². The van der Waals surface area contributed by atoms with E-state index in [-0.39, 0.29) is 11.7 Å². The molecule has 2 aliphatic rings. The van der Waals surface area contributed by atoms with Crippen molar-refractivity contribution in [1.82, 2.24) is 5.32 Å². The number of nitrogens with one attached hydrogen (secondary N) is 1. The van der Waals surface area contributed by atoms with Crippen molar-refractivity contribution >= 4 is 11.0 Å². The fraction of sp³-hybridized carbons (Fsp3) is 0.526. The van der Waals surface area contributed by atoms with Gasteiger partial charge in [0.25, 0.3) is 0 Å². The van der Waals surface area contributed by atoms with Crippen LogP contribution >= 0.6 is 0 Å². The van der Waals surface area contributed by atoms with Crippen LogP contribution in [0, 0.1) is 0 Å². The molecule has 2 fully saturated rings. The van der Waals surface area contributed by atoms with E-state index in [2.05, 4.69) is 5.32 Å². The molecule has 0 radical (unpaired) electrons. The third-order valence-corrected chi connectivity index (χ3v) is 5.37. The first-order chi connectivity index (χ1) is 11.2. The Hall–Kier alpha value is -1.81. The van der Waals surface area contributed by atoms with Gasteiger partial charge >= 0.3 is 5.63 Å². The number of hydrogen-bond donors (Lipinski definition) is 1. The number of fused-ring (bicyclic) bond motifs is 1. The Balaban J connectivity index is 1.43. The van der Waals surface area contributed by atoms with Crippen molar-refractivity contribution in [3.05, 3.63) is 40.8 Å². The van der Waals surface area contributed by atoms with E-state index >= 15 is 0 Å². The highest BCUT2D eigenvalue weighted by Gasteiger charge is 2.36. The van der Waals surface area contributed by atoms with Gasteiger partial charge in [-0.3, -0.25) is 0 Å². The maximum absolute atomic E-state index is 11.3. The monoisotopic (exact) mass is 313 g/mol. The molecule has 4 heteroatoms. The van der Waals surface area contributed by atoms with E-state index in [1.165, 1.54) is 38.2 Å². The summed E-state index contributed by atoms with van der Waals surface area (Å²) in [7, 11) is 0. The van der Waals surface area contributed by atoms with E-state index in [1.54, 1.807) is 6.07 Å². The summed E-state index contributed by atoms with van der Waals surface area (Å²) in [6.07, 6.45) is 8.79. The molecule has 4 nitrogen and oxygen atoms in total. The highest BCUT2D eigenvalue weighted by Crippen LogP contribution is 2.36. The van der Waals surface area contributed by atoms with Crippen molar-refractivity contribution in [3.8, 4) is 5.75 Å². The fourth-order valence-corrected chi connectivity index (χ4v) is 4.03. The predicted molar refractivity (Wildman–Crippen MR) is 90.0 cm³/mol. The Labute approximate surface area is 135 Å². The highest BCUT2D eigenvalue weighted by atomic mass is 16.5. The summed E-state index contributed by atoms with van der Waals surface area (Å²) in [6.45, 7) is 1.16. The van der Waals surface area contributed by atoms with Gasteiger partial charge < -0.3 is 14.5 Å². The van der Waals surface area contributed by atoms with Gasteiger partial charge in [-0.25, -0.2) is 4.79 Å². The van der Waals surface area contributed by atoms with Crippen LogP contribution in [0.25, 0.3) is 11.0 Å². The summed E-state index contributed by atoms with van der Waals surface area (Å²) in [6, 6.07) is 8.97. The summed E-state index contributed by atoms with van der Waals surface area (Å²) < 4.78 is 11.4. The minimum Gasteiger partial charge on any atom is -0.490 e. The van der Waals surface area contributed by atoms with Crippen molar-refractivity contribution in [2.45, 2.75) is 56.6 Å². The molecule has 0 unspecified atom stereocenters. The molecule has 4 rings (SSSR count). The maximum Gasteiger partial charge on any atom is 0.336 e. The van der Waals surface area contributed by atoms with Gasteiger partial charge in [-0.15, -0.1) is 0 Å². The first-order valence-corrected chi connectivity index (χ1v) is 8.68. The largest absolute Gasteiger partial charge is 0.490 e. The molecule has 0 atom stereocenters. The molecule has 1 aliphatic heterocycles. The van der Waals surface area contributed by atoms with Crippen LogP contribution in [0.1, 0.15) is 44.9 Å². The molecule has 2 heterocycles. The third kappa shape index (κ3) is 3.13. The summed E-state index contributed by atoms with van der Waals surface area (Å²) in [5, 5.41) is 4.67. The van der Waals surface area contributed by atoms with Gasteiger partial charge in [0, 0.05) is 23.1 Å². The quantitative estimate of drug-likeness (QED) is 0.860. The molecule has 1 spiro atoms. The first-order valence-electron chi connectivity index (χ1n) is 8.68. The maximum atomic E-state index is 11.3. The molecule has 1 saturated carbocycles. The van der Waals surface area contributed by atoms with E-state index in [0.717, 1.165) is 30.5 Å². The average molecular weight is 313 g/mol. The molecule has 0 bridgehead atoms. The molecule has 1 N–H and O–H groups in total. The fourth-order valence-electron chi connectivity index (χ4n) is 4.03. The number of rotatable bonds is 2. The Morgan fingerprint density at radius 1 is 1.09 bits per heavy atom. The van der Waals surface area contributed by atoms with Gasteiger partial charge in [0.1, 0.15) is 11.3 Å². The van der Waals surface area contributed by atoms with Gasteiger partial charge in [0.05, 0.1) is 6.10 Å². The second kappa shape index (κ2) is 6.00. The number of benzene rings is 1. The summed E-state index contributed by atoms with van der Waals surface area (Å²) in [5.74, 6) is 0.796. The lowest BCUT2D eigenvalue weighted by Gasteiger charge is -2.43. The zero-order valence-electron chi connectivity index (χ0n) is 13.3.